The van der Waals surface area contributed by atoms with Gasteiger partial charge in [0.05, 0.1) is 6.61 Å². The number of aliphatic hydroxyl groups is 1. The Kier molecular flexibility index (Phi) is 4.23. The molecule has 1 saturated heterocycles. The van der Waals surface area contributed by atoms with E-state index in [9.17, 15) is 12.8 Å². The van der Waals surface area contributed by atoms with Gasteiger partial charge in [-0.1, -0.05) is 12.5 Å². The number of sulfonamides is 1. The van der Waals surface area contributed by atoms with Crippen LogP contribution in [-0.4, -0.2) is 30.4 Å². The zero-order valence-corrected chi connectivity index (χ0v) is 11.7. The number of hydrogen-bond donors (Lipinski definition) is 1. The normalized spacial score (nSPS) is 21.5. The summed E-state index contributed by atoms with van der Waals surface area (Å²) in [5.74, 6) is -0.802. The van der Waals surface area contributed by atoms with Crippen molar-refractivity contribution in [3.05, 3.63) is 29.6 Å². The lowest BCUT2D eigenvalue weighted by Crippen LogP contribution is -2.42. The van der Waals surface area contributed by atoms with Gasteiger partial charge in [0.2, 0.25) is 10.0 Å². The summed E-state index contributed by atoms with van der Waals surface area (Å²) in [7, 11) is -3.79. The second-order valence-corrected chi connectivity index (χ2v) is 6.74. The number of piperidine rings is 1. The third kappa shape index (κ3) is 2.80. The Hall–Kier alpha value is -0.980. The molecule has 0 bridgehead atoms. The van der Waals surface area contributed by atoms with Gasteiger partial charge in [0, 0.05) is 12.6 Å². The van der Waals surface area contributed by atoms with E-state index in [-0.39, 0.29) is 17.5 Å². The van der Waals surface area contributed by atoms with Gasteiger partial charge in [-0.3, -0.25) is 0 Å². The molecule has 1 N–H and O–H groups in total. The zero-order chi connectivity index (χ0) is 14.0. The van der Waals surface area contributed by atoms with Crippen LogP contribution in [0.15, 0.2) is 23.1 Å². The number of halogens is 1. The predicted octanol–water partition coefficient (Wildman–Crippen LogP) is 1.88. The van der Waals surface area contributed by atoms with Crippen molar-refractivity contribution in [1.82, 2.24) is 4.31 Å². The van der Waals surface area contributed by atoms with Gasteiger partial charge >= 0.3 is 0 Å². The molecular formula is C13H18FNO3S. The number of rotatable bonds is 3. The van der Waals surface area contributed by atoms with Gasteiger partial charge in [-0.25, -0.2) is 12.8 Å². The van der Waals surface area contributed by atoms with E-state index in [4.69, 9.17) is 5.11 Å². The summed E-state index contributed by atoms with van der Waals surface area (Å²) < 4.78 is 40.1. The van der Waals surface area contributed by atoms with E-state index < -0.39 is 15.8 Å². The van der Waals surface area contributed by atoms with Crippen LogP contribution >= 0.6 is 0 Å². The molecule has 0 amide bonds. The average Bonchev–Trinajstić information content (AvgIpc) is 2.38. The molecule has 1 heterocycles. The molecule has 0 radical (unpaired) electrons. The molecule has 0 aromatic heterocycles. The van der Waals surface area contributed by atoms with E-state index in [0.717, 1.165) is 25.3 Å². The molecular weight excluding hydrogens is 269 g/mol. The first kappa shape index (κ1) is 14.4. The minimum atomic E-state index is -3.79. The molecule has 4 nitrogen and oxygen atoms in total. The third-order valence-corrected chi connectivity index (χ3v) is 5.55. The minimum absolute atomic E-state index is 0.101. The van der Waals surface area contributed by atoms with Crippen LogP contribution in [0.2, 0.25) is 0 Å². The Morgan fingerprint density at radius 1 is 1.42 bits per heavy atom. The van der Waals surface area contributed by atoms with Crippen LogP contribution in [0.3, 0.4) is 0 Å². The summed E-state index contributed by atoms with van der Waals surface area (Å²) in [4.78, 5) is -0.307. The number of nitrogens with zero attached hydrogens (tertiary/aromatic N) is 1. The van der Waals surface area contributed by atoms with Crippen molar-refractivity contribution in [3.63, 3.8) is 0 Å². The fraction of sp³-hybridized carbons (Fsp3) is 0.538. The summed E-state index contributed by atoms with van der Waals surface area (Å²) in [5.41, 5.74) is 0.364. The number of hydrogen-bond acceptors (Lipinski definition) is 3. The molecule has 0 saturated carbocycles. The Labute approximate surface area is 112 Å². The number of benzene rings is 1. The summed E-state index contributed by atoms with van der Waals surface area (Å²) in [6.45, 7) is 1.97. The zero-order valence-electron chi connectivity index (χ0n) is 10.8. The molecule has 1 aromatic rings. The molecule has 19 heavy (non-hydrogen) atoms. The Morgan fingerprint density at radius 2 is 2.16 bits per heavy atom. The van der Waals surface area contributed by atoms with Gasteiger partial charge < -0.3 is 5.11 Å². The van der Waals surface area contributed by atoms with Gasteiger partial charge in [-0.2, -0.15) is 4.31 Å². The third-order valence-electron chi connectivity index (χ3n) is 3.51. The van der Waals surface area contributed by atoms with E-state index in [0.29, 0.717) is 12.1 Å². The largest absolute Gasteiger partial charge is 0.392 e. The lowest BCUT2D eigenvalue weighted by Gasteiger charge is -2.32. The summed E-state index contributed by atoms with van der Waals surface area (Å²) >= 11 is 0. The maximum absolute atomic E-state index is 13.9. The van der Waals surface area contributed by atoms with Crippen molar-refractivity contribution in [2.75, 3.05) is 6.54 Å². The van der Waals surface area contributed by atoms with Crippen molar-refractivity contribution >= 4 is 10.0 Å². The van der Waals surface area contributed by atoms with Crippen molar-refractivity contribution in [2.45, 2.75) is 43.7 Å². The maximum atomic E-state index is 13.9. The lowest BCUT2D eigenvalue weighted by molar-refractivity contribution is 0.267. The first-order chi connectivity index (χ1) is 8.96. The van der Waals surface area contributed by atoms with E-state index in [1.165, 1.54) is 16.4 Å². The molecule has 1 aliphatic heterocycles. The average molecular weight is 287 g/mol. The topological polar surface area (TPSA) is 57.6 Å². The first-order valence-electron chi connectivity index (χ1n) is 6.38. The van der Waals surface area contributed by atoms with Crippen LogP contribution in [0.5, 0.6) is 0 Å². The van der Waals surface area contributed by atoms with Crippen LogP contribution in [0, 0.1) is 5.82 Å². The van der Waals surface area contributed by atoms with Gasteiger partial charge in [0.1, 0.15) is 10.7 Å². The van der Waals surface area contributed by atoms with Crippen LogP contribution in [-0.2, 0) is 16.6 Å². The first-order valence-corrected chi connectivity index (χ1v) is 7.82. The van der Waals surface area contributed by atoms with Crippen molar-refractivity contribution in [2.24, 2.45) is 0 Å². The highest BCUT2D eigenvalue weighted by Gasteiger charge is 2.32. The van der Waals surface area contributed by atoms with Crippen LogP contribution in [0.25, 0.3) is 0 Å². The minimum Gasteiger partial charge on any atom is -0.392 e. The van der Waals surface area contributed by atoms with Gasteiger partial charge in [0.25, 0.3) is 0 Å². The van der Waals surface area contributed by atoms with Crippen molar-refractivity contribution in [3.8, 4) is 0 Å². The van der Waals surface area contributed by atoms with Gasteiger partial charge in [-0.05, 0) is 37.5 Å². The Balaban J connectivity index is 2.38. The van der Waals surface area contributed by atoms with Crippen LogP contribution in [0.1, 0.15) is 31.7 Å². The quantitative estimate of drug-likeness (QED) is 0.923. The molecule has 1 unspecified atom stereocenters. The Morgan fingerprint density at radius 3 is 2.74 bits per heavy atom. The lowest BCUT2D eigenvalue weighted by atomic mass is 10.1. The number of aliphatic hydroxyl groups excluding tert-OH is 1. The highest BCUT2D eigenvalue weighted by Crippen LogP contribution is 2.27. The fourth-order valence-electron chi connectivity index (χ4n) is 2.41. The highest BCUT2D eigenvalue weighted by molar-refractivity contribution is 7.89. The molecule has 106 valence electrons. The molecule has 1 aliphatic rings. The maximum Gasteiger partial charge on any atom is 0.246 e. The monoisotopic (exact) mass is 287 g/mol. The SMILES string of the molecule is CC1CCCCN1S(=O)(=O)c1ccc(CO)cc1F. The van der Waals surface area contributed by atoms with Crippen LogP contribution in [0.4, 0.5) is 4.39 Å². The summed E-state index contributed by atoms with van der Waals surface area (Å²) in [6, 6.07) is 3.64. The highest BCUT2D eigenvalue weighted by atomic mass is 32.2. The fourth-order valence-corrected chi connectivity index (χ4v) is 4.15. The standard InChI is InChI=1S/C13H18FNO3S/c1-10-4-2-3-7-15(10)19(17,18)13-6-5-11(9-16)8-12(13)14/h5-6,8,10,16H,2-4,7,9H2,1H3. The molecule has 1 atom stereocenters. The smallest absolute Gasteiger partial charge is 0.246 e. The second-order valence-electron chi connectivity index (χ2n) is 4.88. The molecule has 1 aromatic carbocycles. The summed E-state index contributed by atoms with van der Waals surface area (Å²) in [5, 5.41) is 8.92. The predicted molar refractivity (Wildman–Crippen MR) is 69.5 cm³/mol. The van der Waals surface area contributed by atoms with Crippen molar-refractivity contribution < 1.29 is 17.9 Å². The van der Waals surface area contributed by atoms with E-state index >= 15 is 0 Å². The van der Waals surface area contributed by atoms with Crippen LogP contribution < -0.4 is 0 Å². The van der Waals surface area contributed by atoms with E-state index in [1.807, 2.05) is 6.92 Å². The van der Waals surface area contributed by atoms with E-state index in [1.54, 1.807) is 0 Å². The van der Waals surface area contributed by atoms with Crippen molar-refractivity contribution in [1.29, 1.82) is 0 Å². The summed E-state index contributed by atoms with van der Waals surface area (Å²) in [6.07, 6.45) is 2.61. The molecule has 2 rings (SSSR count). The van der Waals surface area contributed by atoms with E-state index in [2.05, 4.69) is 0 Å². The van der Waals surface area contributed by atoms with Gasteiger partial charge in [0.15, 0.2) is 0 Å². The Bertz CT molecular complexity index is 559. The molecule has 0 aliphatic carbocycles. The second kappa shape index (κ2) is 5.56. The molecule has 1 fully saturated rings. The van der Waals surface area contributed by atoms with Gasteiger partial charge in [-0.15, -0.1) is 0 Å². The molecule has 0 spiro atoms. The molecule has 6 heteroatoms.